The Bertz CT molecular complexity index is 1260. The van der Waals surface area contributed by atoms with Crippen molar-refractivity contribution in [1.82, 2.24) is 9.78 Å². The Morgan fingerprint density at radius 1 is 1.12 bits per heavy atom. The van der Waals surface area contributed by atoms with Crippen molar-refractivity contribution in [2.24, 2.45) is 0 Å². The lowest BCUT2D eigenvalue weighted by atomic mass is 10.0. The summed E-state index contributed by atoms with van der Waals surface area (Å²) in [5, 5.41) is 24.9. The van der Waals surface area contributed by atoms with Gasteiger partial charge in [0.1, 0.15) is 12.7 Å². The number of aliphatic hydroxyl groups excluding tert-OH is 1. The summed E-state index contributed by atoms with van der Waals surface area (Å²) in [4.78, 5) is 13.4. The fourth-order valence-corrected chi connectivity index (χ4v) is 3.55. The smallest absolute Gasteiger partial charge is 0.314 e. The van der Waals surface area contributed by atoms with Crippen LogP contribution in [0.4, 0.5) is 0 Å². The highest BCUT2D eigenvalue weighted by molar-refractivity contribution is 7.90. The first-order valence-electron chi connectivity index (χ1n) is 9.60. The van der Waals surface area contributed by atoms with Crippen molar-refractivity contribution in [3.8, 4) is 22.6 Å². The molecule has 1 heterocycles. The molecule has 0 fully saturated rings. The van der Waals surface area contributed by atoms with Gasteiger partial charge in [-0.05, 0) is 55.8 Å². The minimum Gasteiger partial charge on any atom is -0.484 e. The van der Waals surface area contributed by atoms with Crippen LogP contribution >= 0.6 is 11.6 Å². The predicted octanol–water partition coefficient (Wildman–Crippen LogP) is 2.47. The molecule has 0 saturated carbocycles. The van der Waals surface area contributed by atoms with E-state index in [0.717, 1.165) is 10.9 Å². The highest BCUT2D eigenvalue weighted by Gasteiger charge is 2.26. The first-order chi connectivity index (χ1) is 14.9. The molecule has 8 nitrogen and oxygen atoms in total. The van der Waals surface area contributed by atoms with Gasteiger partial charge < -0.3 is 14.9 Å². The molecular weight excluding hydrogens is 456 g/mol. The maximum Gasteiger partial charge on any atom is 0.314 e. The van der Waals surface area contributed by atoms with Crippen molar-refractivity contribution in [2.45, 2.75) is 30.4 Å². The summed E-state index contributed by atoms with van der Waals surface area (Å²) < 4.78 is 30.3. The first-order valence-corrected chi connectivity index (χ1v) is 11.9. The van der Waals surface area contributed by atoms with E-state index in [4.69, 9.17) is 16.3 Å². The number of rotatable bonds is 7. The number of hydrogen-bond acceptors (Lipinski definition) is 7. The second-order valence-electron chi connectivity index (χ2n) is 7.86. The highest BCUT2D eigenvalue weighted by Crippen LogP contribution is 2.28. The molecular formula is C22H23ClN2O6S. The number of ether oxygens (including phenoxy) is 1. The van der Waals surface area contributed by atoms with Crippen LogP contribution in [0.15, 0.2) is 64.4 Å². The number of sulfone groups is 1. The third-order valence-electron chi connectivity index (χ3n) is 4.80. The average molecular weight is 479 g/mol. The fraction of sp³-hybridized carbons (Fsp3) is 0.273. The third kappa shape index (κ3) is 5.36. The van der Waals surface area contributed by atoms with Gasteiger partial charge in [0.2, 0.25) is 0 Å². The average Bonchev–Trinajstić information content (AvgIpc) is 2.72. The lowest BCUT2D eigenvalue weighted by Gasteiger charge is -2.24. The molecule has 0 spiro atoms. The molecule has 0 amide bonds. The zero-order chi connectivity index (χ0) is 23.7. The summed E-state index contributed by atoms with van der Waals surface area (Å²) in [5.74, 6) is -0.106. The van der Waals surface area contributed by atoms with Crippen LogP contribution in [0.1, 0.15) is 13.8 Å². The van der Waals surface area contributed by atoms with Crippen molar-refractivity contribution in [1.29, 1.82) is 0 Å². The van der Waals surface area contributed by atoms with Crippen molar-refractivity contribution in [2.75, 3.05) is 12.9 Å². The fourth-order valence-electron chi connectivity index (χ4n) is 2.80. The molecule has 3 rings (SSSR count). The van der Waals surface area contributed by atoms with Crippen LogP contribution in [0, 0.1) is 0 Å². The number of halogens is 1. The zero-order valence-corrected chi connectivity index (χ0v) is 19.3. The minimum absolute atomic E-state index is 0.106. The molecule has 32 heavy (non-hydrogen) atoms. The van der Waals surface area contributed by atoms with Crippen LogP contribution in [0.3, 0.4) is 0 Å². The van der Waals surface area contributed by atoms with E-state index in [0.29, 0.717) is 21.8 Å². The van der Waals surface area contributed by atoms with E-state index < -0.39 is 27.1 Å². The summed E-state index contributed by atoms with van der Waals surface area (Å²) >= 11 is 5.92. The predicted molar refractivity (Wildman–Crippen MR) is 121 cm³/mol. The van der Waals surface area contributed by atoms with Gasteiger partial charge in [0.05, 0.1) is 22.4 Å². The van der Waals surface area contributed by atoms with E-state index in [2.05, 4.69) is 5.10 Å². The van der Waals surface area contributed by atoms with Crippen LogP contribution in [-0.4, -0.2) is 53.0 Å². The molecule has 10 heteroatoms. The van der Waals surface area contributed by atoms with Crippen LogP contribution in [0.25, 0.3) is 16.8 Å². The van der Waals surface area contributed by atoms with Crippen molar-refractivity contribution in [3.05, 3.63) is 70.1 Å². The van der Waals surface area contributed by atoms with Gasteiger partial charge >= 0.3 is 5.56 Å². The maximum atomic E-state index is 13.2. The van der Waals surface area contributed by atoms with Crippen molar-refractivity contribution in [3.63, 3.8) is 0 Å². The zero-order valence-electron chi connectivity index (χ0n) is 17.7. The third-order valence-corrected chi connectivity index (χ3v) is 6.18. The van der Waals surface area contributed by atoms with Crippen LogP contribution in [-0.2, 0) is 9.84 Å². The van der Waals surface area contributed by atoms with E-state index in [1.54, 1.807) is 36.4 Å². The Balaban J connectivity index is 2.10. The number of benzene rings is 2. The standard InChI is InChI=1S/C22H23ClN2O6S/c1-22(2,28)19(26)13-31-20-18(14-4-10-17(11-5-14)32(3,29)30)12-24-25(21(20)27)16-8-6-15(23)7-9-16/h4-12,19,26,28H,13H2,1-3H3/t19-/m1/s1. The van der Waals surface area contributed by atoms with Gasteiger partial charge in [-0.1, -0.05) is 23.7 Å². The Morgan fingerprint density at radius 2 is 1.72 bits per heavy atom. The normalized spacial score (nSPS) is 13.1. The molecule has 2 N–H and O–H groups in total. The quantitative estimate of drug-likeness (QED) is 0.535. The van der Waals surface area contributed by atoms with Crippen LogP contribution < -0.4 is 10.3 Å². The number of aromatic nitrogens is 2. The van der Waals surface area contributed by atoms with Crippen molar-refractivity contribution >= 4 is 21.4 Å². The summed E-state index contributed by atoms with van der Waals surface area (Å²) in [6.45, 7) is 2.49. The minimum atomic E-state index is -3.39. The van der Waals surface area contributed by atoms with E-state index in [-0.39, 0.29) is 17.3 Å². The molecule has 0 bridgehead atoms. The van der Waals surface area contributed by atoms with Gasteiger partial charge in [0, 0.05) is 16.8 Å². The lowest BCUT2D eigenvalue weighted by Crippen LogP contribution is -2.40. The highest BCUT2D eigenvalue weighted by atomic mass is 35.5. The molecule has 2 aromatic carbocycles. The lowest BCUT2D eigenvalue weighted by molar-refractivity contribution is -0.0663. The summed E-state index contributed by atoms with van der Waals surface area (Å²) in [7, 11) is -3.39. The number of aliphatic hydroxyl groups is 2. The van der Waals surface area contributed by atoms with Gasteiger partial charge in [0.25, 0.3) is 0 Å². The van der Waals surface area contributed by atoms with Gasteiger partial charge in [0.15, 0.2) is 15.6 Å². The van der Waals surface area contributed by atoms with Crippen molar-refractivity contribution < 1.29 is 23.4 Å². The van der Waals surface area contributed by atoms with Crippen LogP contribution in [0.2, 0.25) is 5.02 Å². The summed E-state index contributed by atoms with van der Waals surface area (Å²) in [6, 6.07) is 12.4. The van der Waals surface area contributed by atoms with Gasteiger partial charge in [-0.25, -0.2) is 8.42 Å². The van der Waals surface area contributed by atoms with E-state index in [1.165, 1.54) is 32.2 Å². The SMILES string of the molecule is CC(C)(O)[C@H](O)COc1c(-c2ccc(S(C)(=O)=O)cc2)cnn(-c2ccc(Cl)cc2)c1=O. The molecule has 0 aliphatic carbocycles. The second-order valence-corrected chi connectivity index (χ2v) is 10.3. The topological polar surface area (TPSA) is 119 Å². The molecule has 0 aliphatic rings. The molecule has 0 radical (unpaired) electrons. The molecule has 0 unspecified atom stereocenters. The second kappa shape index (κ2) is 9.03. The van der Waals surface area contributed by atoms with E-state index in [1.807, 2.05) is 0 Å². The number of hydrogen-bond donors (Lipinski definition) is 2. The number of nitrogens with zero attached hydrogens (tertiary/aromatic N) is 2. The van der Waals surface area contributed by atoms with Gasteiger partial charge in [-0.2, -0.15) is 9.78 Å². The Labute approximate surface area is 190 Å². The molecule has 0 saturated heterocycles. The van der Waals surface area contributed by atoms with Gasteiger partial charge in [-0.3, -0.25) is 4.79 Å². The monoisotopic (exact) mass is 478 g/mol. The van der Waals surface area contributed by atoms with E-state index >= 15 is 0 Å². The summed E-state index contributed by atoms with van der Waals surface area (Å²) in [6.07, 6.45) is 1.25. The summed E-state index contributed by atoms with van der Waals surface area (Å²) in [5.41, 5.74) is -0.785. The Hall–Kier alpha value is -2.72. The van der Waals surface area contributed by atoms with E-state index in [9.17, 15) is 23.4 Å². The largest absolute Gasteiger partial charge is 0.484 e. The molecule has 0 aliphatic heterocycles. The Morgan fingerprint density at radius 3 is 2.25 bits per heavy atom. The molecule has 1 aromatic heterocycles. The molecule has 170 valence electrons. The maximum absolute atomic E-state index is 13.2. The Kier molecular flexibility index (Phi) is 6.75. The molecule has 1 atom stereocenters. The first kappa shape index (κ1) is 23.9. The van der Waals surface area contributed by atoms with Crippen LogP contribution in [0.5, 0.6) is 5.75 Å². The molecule has 3 aromatic rings. The van der Waals surface area contributed by atoms with Gasteiger partial charge in [-0.15, -0.1) is 0 Å².